The summed E-state index contributed by atoms with van der Waals surface area (Å²) in [6.45, 7) is 0. The van der Waals surface area contributed by atoms with E-state index in [0.717, 1.165) is 0 Å². The number of benzene rings is 1. The van der Waals surface area contributed by atoms with Gasteiger partial charge < -0.3 is 14.7 Å². The van der Waals surface area contributed by atoms with E-state index >= 15 is 0 Å². The number of ether oxygens (including phenoxy) is 1. The Balaban J connectivity index is 3.29. The monoisotopic (exact) mass is 194 g/mol. The number of esters is 1. The Bertz CT molecular complexity index is 347. The summed E-state index contributed by atoms with van der Waals surface area (Å²) in [7, 11) is 4.80. The van der Waals surface area contributed by atoms with E-state index in [1.165, 1.54) is 13.2 Å². The second kappa shape index (κ2) is 4.00. The fourth-order valence-corrected chi connectivity index (χ4v) is 1.13. The normalized spacial score (nSPS) is 9.64. The Morgan fingerprint density at radius 2 is 2.21 bits per heavy atom. The van der Waals surface area contributed by atoms with E-state index in [9.17, 15) is 9.90 Å². The summed E-state index contributed by atoms with van der Waals surface area (Å²) < 4.78 is 4.56. The molecule has 0 aliphatic carbocycles. The van der Waals surface area contributed by atoms with Crippen LogP contribution in [0.25, 0.3) is 0 Å². The molecule has 0 saturated heterocycles. The van der Waals surface area contributed by atoms with Crippen molar-refractivity contribution in [3.63, 3.8) is 0 Å². The largest absolute Gasteiger partial charge is 0.507 e. The fraction of sp³-hybridized carbons (Fsp3) is 0.300. The first-order chi connectivity index (χ1) is 6.57. The number of phenolic OH excluding ortho intramolecular Hbond substituents is 1. The molecule has 1 radical (unpaired) electrons. The fourth-order valence-electron chi connectivity index (χ4n) is 1.13. The van der Waals surface area contributed by atoms with Crippen molar-refractivity contribution in [3.8, 4) is 5.75 Å². The lowest BCUT2D eigenvalue weighted by Crippen LogP contribution is -2.15. The average molecular weight is 194 g/mol. The summed E-state index contributed by atoms with van der Waals surface area (Å²) in [5.74, 6) is -0.664. The number of phenols is 1. The summed E-state index contributed by atoms with van der Waals surface area (Å²) in [6, 6.07) is 5.81. The van der Waals surface area contributed by atoms with Crippen LogP contribution in [-0.2, 0) is 4.74 Å². The highest BCUT2D eigenvalue weighted by atomic mass is 16.5. The zero-order chi connectivity index (χ0) is 10.7. The molecule has 0 aliphatic heterocycles. The Morgan fingerprint density at radius 3 is 2.71 bits per heavy atom. The van der Waals surface area contributed by atoms with Gasteiger partial charge >= 0.3 is 5.97 Å². The molecule has 4 nitrogen and oxygen atoms in total. The van der Waals surface area contributed by atoms with Gasteiger partial charge in [0.2, 0.25) is 0 Å². The van der Waals surface area contributed by atoms with Crippen molar-refractivity contribution in [3.05, 3.63) is 23.8 Å². The van der Waals surface area contributed by atoms with Crippen LogP contribution in [0, 0.1) is 6.07 Å². The summed E-state index contributed by atoms with van der Waals surface area (Å²) in [5.41, 5.74) is 0.650. The van der Waals surface area contributed by atoms with Crippen LogP contribution in [0.4, 0.5) is 5.69 Å². The predicted molar refractivity (Wildman–Crippen MR) is 52.6 cm³/mol. The second-order valence-electron chi connectivity index (χ2n) is 2.97. The molecule has 1 aromatic rings. The summed E-state index contributed by atoms with van der Waals surface area (Å²) in [5, 5.41) is 9.49. The average Bonchev–Trinajstić information content (AvgIpc) is 2.16. The van der Waals surface area contributed by atoms with E-state index in [0.29, 0.717) is 5.69 Å². The van der Waals surface area contributed by atoms with Crippen molar-refractivity contribution in [2.75, 3.05) is 26.1 Å². The maximum Gasteiger partial charge on any atom is 0.343 e. The van der Waals surface area contributed by atoms with Crippen LogP contribution in [-0.4, -0.2) is 32.3 Å². The van der Waals surface area contributed by atoms with Gasteiger partial charge in [-0.25, -0.2) is 4.79 Å². The first-order valence-electron chi connectivity index (χ1n) is 4.07. The highest BCUT2D eigenvalue weighted by Gasteiger charge is 2.17. The van der Waals surface area contributed by atoms with E-state index in [2.05, 4.69) is 10.8 Å². The molecule has 1 rings (SSSR count). The zero-order valence-corrected chi connectivity index (χ0v) is 8.37. The molecule has 0 spiro atoms. The molecule has 1 N–H and O–H groups in total. The van der Waals surface area contributed by atoms with Crippen LogP contribution < -0.4 is 4.90 Å². The van der Waals surface area contributed by atoms with Crippen LogP contribution >= 0.6 is 0 Å². The number of nitrogens with zero attached hydrogens (tertiary/aromatic N) is 1. The van der Waals surface area contributed by atoms with Gasteiger partial charge in [0, 0.05) is 20.2 Å². The maximum atomic E-state index is 11.3. The molecule has 0 saturated carbocycles. The molecule has 4 heteroatoms. The number of hydrogen-bond donors (Lipinski definition) is 1. The van der Waals surface area contributed by atoms with Crippen LogP contribution in [0.5, 0.6) is 5.75 Å². The van der Waals surface area contributed by atoms with Gasteiger partial charge in [0.15, 0.2) is 0 Å². The van der Waals surface area contributed by atoms with Crippen molar-refractivity contribution in [1.82, 2.24) is 0 Å². The first-order valence-corrected chi connectivity index (χ1v) is 4.07. The number of anilines is 1. The van der Waals surface area contributed by atoms with E-state index < -0.39 is 5.97 Å². The Labute approximate surface area is 82.7 Å². The summed E-state index contributed by atoms with van der Waals surface area (Å²) >= 11 is 0. The topological polar surface area (TPSA) is 49.8 Å². The van der Waals surface area contributed by atoms with Crippen LogP contribution in [0.3, 0.4) is 0 Å². The van der Waals surface area contributed by atoms with Crippen LogP contribution in [0.1, 0.15) is 10.4 Å². The molecule has 0 amide bonds. The van der Waals surface area contributed by atoms with Crippen LogP contribution in [0.15, 0.2) is 12.1 Å². The molecule has 75 valence electrons. The highest BCUT2D eigenvalue weighted by Crippen LogP contribution is 2.27. The summed E-state index contributed by atoms with van der Waals surface area (Å²) in [6.07, 6.45) is 0. The second-order valence-corrected chi connectivity index (χ2v) is 2.97. The molecule has 1 aromatic carbocycles. The van der Waals surface area contributed by atoms with Crippen molar-refractivity contribution in [1.29, 1.82) is 0 Å². The molecule has 0 aliphatic rings. The number of carbonyl (C=O) groups excluding carboxylic acids is 1. The quantitative estimate of drug-likeness (QED) is 0.715. The molecule has 0 bridgehead atoms. The standard InChI is InChI=1S/C10H12NO3/c1-11(2)7-5-4-6-8(12)9(7)10(13)14-3/h4,6,12H,1-3H3. The van der Waals surface area contributed by atoms with Crippen molar-refractivity contribution < 1.29 is 14.6 Å². The SMILES string of the molecule is COC(=O)c1c(N(C)C)[c]ccc1O. The van der Waals surface area contributed by atoms with E-state index in [4.69, 9.17) is 0 Å². The minimum Gasteiger partial charge on any atom is -0.507 e. The maximum absolute atomic E-state index is 11.3. The molecule has 0 unspecified atom stereocenters. The number of hydrogen-bond acceptors (Lipinski definition) is 4. The van der Waals surface area contributed by atoms with Gasteiger partial charge in [-0.15, -0.1) is 0 Å². The number of rotatable bonds is 2. The molecular formula is C10H12NO3. The van der Waals surface area contributed by atoms with Gasteiger partial charge in [0.05, 0.1) is 12.8 Å². The molecule has 0 heterocycles. The number of aromatic hydroxyl groups is 1. The molecule has 0 aromatic heterocycles. The lowest BCUT2D eigenvalue weighted by molar-refractivity contribution is 0.0598. The minimum absolute atomic E-state index is 0.0979. The van der Waals surface area contributed by atoms with Gasteiger partial charge in [-0.05, 0) is 12.1 Å². The lowest BCUT2D eigenvalue weighted by Gasteiger charge is -2.16. The van der Waals surface area contributed by atoms with E-state index in [-0.39, 0.29) is 11.3 Å². The van der Waals surface area contributed by atoms with Gasteiger partial charge in [0.1, 0.15) is 11.3 Å². The third-order valence-electron chi connectivity index (χ3n) is 1.79. The van der Waals surface area contributed by atoms with Crippen molar-refractivity contribution >= 4 is 11.7 Å². The molecule has 14 heavy (non-hydrogen) atoms. The minimum atomic E-state index is -0.567. The Morgan fingerprint density at radius 1 is 1.57 bits per heavy atom. The predicted octanol–water partition coefficient (Wildman–Crippen LogP) is 1.04. The third-order valence-corrected chi connectivity index (χ3v) is 1.79. The van der Waals surface area contributed by atoms with Gasteiger partial charge in [0.25, 0.3) is 0 Å². The van der Waals surface area contributed by atoms with Crippen molar-refractivity contribution in [2.45, 2.75) is 0 Å². The molecular weight excluding hydrogens is 182 g/mol. The van der Waals surface area contributed by atoms with E-state index in [1.807, 2.05) is 0 Å². The summed E-state index contributed by atoms with van der Waals surface area (Å²) in [4.78, 5) is 13.0. The Kier molecular flexibility index (Phi) is 2.96. The van der Waals surface area contributed by atoms with Crippen molar-refractivity contribution in [2.24, 2.45) is 0 Å². The smallest absolute Gasteiger partial charge is 0.343 e. The third kappa shape index (κ3) is 1.79. The van der Waals surface area contributed by atoms with Gasteiger partial charge in [-0.1, -0.05) is 0 Å². The molecule has 0 fully saturated rings. The van der Waals surface area contributed by atoms with Gasteiger partial charge in [-0.2, -0.15) is 0 Å². The Hall–Kier alpha value is -1.71. The zero-order valence-electron chi connectivity index (χ0n) is 8.37. The van der Waals surface area contributed by atoms with E-state index in [1.54, 1.807) is 25.1 Å². The lowest BCUT2D eigenvalue weighted by atomic mass is 10.1. The number of carbonyl (C=O) groups is 1. The molecule has 0 atom stereocenters. The highest BCUT2D eigenvalue weighted by molar-refractivity contribution is 5.98. The van der Waals surface area contributed by atoms with Crippen LogP contribution in [0.2, 0.25) is 0 Å². The van der Waals surface area contributed by atoms with Gasteiger partial charge in [-0.3, -0.25) is 0 Å². The first kappa shape index (κ1) is 10.4. The number of methoxy groups -OCH3 is 1.